The van der Waals surface area contributed by atoms with Crippen LogP contribution in [-0.4, -0.2) is 44.9 Å². The fourth-order valence-corrected chi connectivity index (χ4v) is 7.70. The van der Waals surface area contributed by atoms with Crippen LogP contribution in [-0.2, 0) is 18.9 Å². The fourth-order valence-electron chi connectivity index (χ4n) is 7.70. The van der Waals surface area contributed by atoms with E-state index in [0.29, 0.717) is 45.9 Å². The summed E-state index contributed by atoms with van der Waals surface area (Å²) in [7, 11) is 0. The number of hydrogen-bond donors (Lipinski definition) is 0. The molecule has 0 N–H and O–H groups in total. The monoisotopic (exact) mass is 1090 g/mol. The van der Waals surface area contributed by atoms with Gasteiger partial charge in [-0.25, -0.2) is 26.3 Å². The first-order valence-corrected chi connectivity index (χ1v) is 28.4. The van der Waals surface area contributed by atoms with Crippen molar-refractivity contribution in [2.75, 3.05) is 26.4 Å². The highest BCUT2D eigenvalue weighted by atomic mass is 19.2. The summed E-state index contributed by atoms with van der Waals surface area (Å²) in [6, 6.07) is 24.7. The largest absolute Gasteiger partial charge is 0.378 e. The van der Waals surface area contributed by atoms with E-state index in [0.717, 1.165) is 61.2 Å². The molecule has 0 radical (unpaired) electrons. The lowest BCUT2D eigenvalue weighted by Gasteiger charge is -2.24. The van der Waals surface area contributed by atoms with E-state index in [2.05, 4.69) is 86.6 Å². The average molecular weight is 1100 g/mol. The maximum atomic E-state index is 12.6. The molecular formula is C68H100F6O4. The number of benzene rings is 5. The Bertz CT molecular complexity index is 2130. The third kappa shape index (κ3) is 32.6. The average Bonchev–Trinajstić information content (AvgIpc) is 3.40. The van der Waals surface area contributed by atoms with Crippen molar-refractivity contribution in [2.45, 2.75) is 194 Å². The summed E-state index contributed by atoms with van der Waals surface area (Å²) in [5.74, 6) is 1.56. The third-order valence-electron chi connectivity index (χ3n) is 13.8. The zero-order valence-corrected chi connectivity index (χ0v) is 51.1. The zero-order chi connectivity index (χ0) is 59.1. The molecule has 4 fully saturated rings. The topological polar surface area (TPSA) is 36.9 Å². The number of aryl methyl sites for hydroxylation is 9. The van der Waals surface area contributed by atoms with Crippen molar-refractivity contribution in [1.29, 1.82) is 0 Å². The van der Waals surface area contributed by atoms with Crippen LogP contribution in [0, 0.1) is 134 Å². The second kappa shape index (κ2) is 39.0. The van der Waals surface area contributed by atoms with Gasteiger partial charge in [-0.1, -0.05) is 132 Å². The maximum absolute atomic E-state index is 12.6. The number of rotatable bonds is 0. The molecule has 5 aromatic rings. The lowest BCUT2D eigenvalue weighted by atomic mass is 9.84. The van der Waals surface area contributed by atoms with Crippen LogP contribution in [0.2, 0.25) is 0 Å². The van der Waals surface area contributed by atoms with Crippen molar-refractivity contribution < 1.29 is 45.3 Å². The first-order valence-electron chi connectivity index (χ1n) is 28.4. The number of ether oxygens (including phenoxy) is 4. The minimum atomic E-state index is -0.736. The van der Waals surface area contributed by atoms with E-state index in [9.17, 15) is 26.3 Å². The van der Waals surface area contributed by atoms with E-state index >= 15 is 0 Å². The molecule has 0 aromatic heterocycles. The van der Waals surface area contributed by atoms with Crippen molar-refractivity contribution >= 4 is 0 Å². The predicted molar refractivity (Wildman–Crippen MR) is 314 cm³/mol. The van der Waals surface area contributed by atoms with Gasteiger partial charge in [0.15, 0.2) is 17.9 Å². The van der Waals surface area contributed by atoms with Gasteiger partial charge in [-0.15, -0.1) is 0 Å². The molecule has 78 heavy (non-hydrogen) atoms. The first kappa shape index (κ1) is 71.5. The van der Waals surface area contributed by atoms with Crippen LogP contribution in [0.25, 0.3) is 0 Å². The van der Waals surface area contributed by atoms with E-state index in [4.69, 9.17) is 18.9 Å². The Morgan fingerprint density at radius 1 is 0.295 bits per heavy atom. The van der Waals surface area contributed by atoms with Crippen molar-refractivity contribution in [3.05, 3.63) is 175 Å². The molecule has 0 spiro atoms. The summed E-state index contributed by atoms with van der Waals surface area (Å²) in [5.41, 5.74) is 7.42. The normalized spacial score (nSPS) is 22.1. The fraction of sp³-hybridized carbons (Fsp3) is 0.559. The van der Waals surface area contributed by atoms with Crippen LogP contribution >= 0.6 is 0 Å². The minimum Gasteiger partial charge on any atom is -0.378 e. The molecular weight excluding hydrogens is 995 g/mol. The molecule has 3 aliphatic heterocycles. The van der Waals surface area contributed by atoms with Gasteiger partial charge in [-0.2, -0.15) is 0 Å². The van der Waals surface area contributed by atoms with E-state index in [-0.39, 0.29) is 23.5 Å². The van der Waals surface area contributed by atoms with E-state index < -0.39 is 23.3 Å². The Kier molecular flexibility index (Phi) is 35.8. The molecule has 5 aromatic carbocycles. The van der Waals surface area contributed by atoms with Gasteiger partial charge < -0.3 is 18.9 Å². The number of halogens is 6. The van der Waals surface area contributed by atoms with Crippen LogP contribution in [0.3, 0.4) is 0 Å². The summed E-state index contributed by atoms with van der Waals surface area (Å²) in [5, 5.41) is 0. The third-order valence-corrected chi connectivity index (χ3v) is 13.8. The molecule has 438 valence electrons. The van der Waals surface area contributed by atoms with Crippen LogP contribution < -0.4 is 0 Å². The van der Waals surface area contributed by atoms with E-state index in [1.54, 1.807) is 45.0 Å². The maximum Gasteiger partial charge on any atom is 0.161 e. The molecule has 0 bridgehead atoms. The van der Waals surface area contributed by atoms with Crippen LogP contribution in [0.5, 0.6) is 0 Å². The second-order valence-electron chi connectivity index (χ2n) is 22.7. The van der Waals surface area contributed by atoms with Gasteiger partial charge in [0.05, 0.1) is 25.4 Å². The van der Waals surface area contributed by atoms with Gasteiger partial charge >= 0.3 is 0 Å². The van der Waals surface area contributed by atoms with E-state index in [1.807, 2.05) is 32.9 Å². The Hall–Kier alpha value is -4.48. The van der Waals surface area contributed by atoms with Crippen molar-refractivity contribution in [2.24, 2.45) is 29.6 Å². The Morgan fingerprint density at radius 2 is 0.577 bits per heavy atom. The van der Waals surface area contributed by atoms with Gasteiger partial charge in [0, 0.05) is 24.7 Å². The van der Waals surface area contributed by atoms with Crippen LogP contribution in [0.15, 0.2) is 84.9 Å². The van der Waals surface area contributed by atoms with Crippen molar-refractivity contribution in [3.8, 4) is 0 Å². The molecule has 0 amide bonds. The van der Waals surface area contributed by atoms with Crippen LogP contribution in [0.4, 0.5) is 26.3 Å². The summed E-state index contributed by atoms with van der Waals surface area (Å²) < 4.78 is 96.7. The lowest BCUT2D eigenvalue weighted by Crippen LogP contribution is -2.27. The molecule has 4 nitrogen and oxygen atoms in total. The molecule has 1 aliphatic carbocycles. The SMILES string of the molecule is CC1CCC(C)CC1.CC1CCC(C)OC1.CC1CCC(C)OC1.CC1COC(C)OC1.Cc1cc(F)c(C)c(F)c1.Cc1ccc(C)c(F)c1.Cc1ccc(C)c(F)c1.Cc1ccc(C)c(F)c1F.Cc1ccc(C)cc1. The first-order chi connectivity index (χ1) is 36.6. The summed E-state index contributed by atoms with van der Waals surface area (Å²) >= 11 is 0. The highest BCUT2D eigenvalue weighted by Crippen LogP contribution is 2.27. The van der Waals surface area contributed by atoms with Gasteiger partial charge in [-0.05, 0) is 203 Å². The molecule has 3 heterocycles. The smallest absolute Gasteiger partial charge is 0.161 e. The standard InChI is InChI=1S/2C8H8F2.2C8H9F.C8H16.C8H10.2C7H14O.C6H12O2/c1-5-3-7(9)6(2)8(10)4-5;1-5-3-4-6(2)8(10)7(5)9;2*1-6-3-4-7(2)8(9)5-6;2*1-7-3-5-8(2)6-4-7;2*1-6-3-4-7(2)8-5-6;1-5-3-7-6(2)8-4-5/h2*3-4H,1-2H3;2*3-5H,1-2H3;7-8H,3-6H2,1-2H3;3-6H,1-2H3;2*6-7H,3-5H2,1-2H3;5-6H,3-4H2,1-2H3. The van der Waals surface area contributed by atoms with Gasteiger partial charge in [0.1, 0.15) is 23.3 Å². The highest BCUT2D eigenvalue weighted by Gasteiger charge is 2.16. The minimum absolute atomic E-state index is 0.0196. The molecule has 4 unspecified atom stereocenters. The molecule has 10 heteroatoms. The van der Waals surface area contributed by atoms with Gasteiger partial charge in [-0.3, -0.25) is 0 Å². The zero-order valence-electron chi connectivity index (χ0n) is 51.1. The Balaban J connectivity index is 0.000000439. The molecule has 1 saturated carbocycles. The summed E-state index contributed by atoms with van der Waals surface area (Å²) in [4.78, 5) is 0. The van der Waals surface area contributed by atoms with E-state index in [1.165, 1.54) is 108 Å². The quantitative estimate of drug-likeness (QED) is 0.145. The van der Waals surface area contributed by atoms with Crippen LogP contribution in [0.1, 0.15) is 162 Å². The molecule has 3 saturated heterocycles. The van der Waals surface area contributed by atoms with Gasteiger partial charge in [0.25, 0.3) is 0 Å². The molecule has 9 rings (SSSR count). The highest BCUT2D eigenvalue weighted by molar-refractivity contribution is 5.25. The Morgan fingerprint density at radius 3 is 0.846 bits per heavy atom. The lowest BCUT2D eigenvalue weighted by molar-refractivity contribution is -0.187. The summed E-state index contributed by atoms with van der Waals surface area (Å²) in [6.45, 7) is 38.8. The molecule has 4 aliphatic rings. The second-order valence-corrected chi connectivity index (χ2v) is 22.7. The number of hydrogen-bond acceptors (Lipinski definition) is 4. The van der Waals surface area contributed by atoms with Gasteiger partial charge in [0.2, 0.25) is 0 Å². The molecule has 4 atom stereocenters. The predicted octanol–water partition coefficient (Wildman–Crippen LogP) is 19.8. The van der Waals surface area contributed by atoms with Crippen molar-refractivity contribution in [3.63, 3.8) is 0 Å². The van der Waals surface area contributed by atoms with Crippen molar-refractivity contribution in [1.82, 2.24) is 0 Å². The summed E-state index contributed by atoms with van der Waals surface area (Å²) in [6.07, 6.45) is 12.2. The Labute approximate surface area is 469 Å².